The van der Waals surface area contributed by atoms with E-state index in [2.05, 4.69) is 28.7 Å². The maximum Gasteiger partial charge on any atom is 0.356 e. The molecule has 17 heavy (non-hydrogen) atoms. The van der Waals surface area contributed by atoms with E-state index in [0.717, 1.165) is 19.3 Å². The maximum absolute atomic E-state index is 10.9. The average molecular weight is 235 g/mol. The lowest BCUT2D eigenvalue weighted by Gasteiger charge is -2.28. The predicted molar refractivity (Wildman–Crippen MR) is 64.2 cm³/mol. The van der Waals surface area contributed by atoms with Gasteiger partial charge in [0.05, 0.1) is 12.4 Å². The van der Waals surface area contributed by atoms with Crippen LogP contribution in [0.5, 0.6) is 0 Å². The van der Waals surface area contributed by atoms with Gasteiger partial charge in [-0.2, -0.15) is 0 Å². The second-order valence-electron chi connectivity index (χ2n) is 4.46. The van der Waals surface area contributed by atoms with Crippen LogP contribution in [-0.4, -0.2) is 33.1 Å². The first-order valence-corrected chi connectivity index (χ1v) is 5.97. The molecular formula is C12H17N3O2. The number of aromatic carboxylic acids is 1. The summed E-state index contributed by atoms with van der Waals surface area (Å²) < 4.78 is 0. The minimum absolute atomic E-state index is 0.0106. The number of carboxylic acids is 1. The minimum Gasteiger partial charge on any atom is -0.476 e. The van der Waals surface area contributed by atoms with Gasteiger partial charge in [-0.3, -0.25) is 4.98 Å². The predicted octanol–water partition coefficient (Wildman–Crippen LogP) is 1.94. The molecule has 1 aliphatic heterocycles. The molecule has 2 atom stereocenters. The first kappa shape index (κ1) is 11.8. The summed E-state index contributed by atoms with van der Waals surface area (Å²) in [5.41, 5.74) is 0.0106. The summed E-state index contributed by atoms with van der Waals surface area (Å²) in [6, 6.07) is 0.849. The van der Waals surface area contributed by atoms with E-state index in [0.29, 0.717) is 17.9 Å². The summed E-state index contributed by atoms with van der Waals surface area (Å²) >= 11 is 0. The number of carboxylic acid groups (broad SMARTS) is 1. The lowest BCUT2D eigenvalue weighted by atomic mass is 10.1. The largest absolute Gasteiger partial charge is 0.476 e. The van der Waals surface area contributed by atoms with E-state index in [1.165, 1.54) is 6.20 Å². The van der Waals surface area contributed by atoms with Crippen molar-refractivity contribution in [3.05, 3.63) is 18.1 Å². The van der Waals surface area contributed by atoms with Crippen LogP contribution in [0.25, 0.3) is 0 Å². The molecule has 0 aliphatic carbocycles. The van der Waals surface area contributed by atoms with E-state index in [1.807, 2.05) is 0 Å². The normalized spacial score (nSPS) is 24.0. The van der Waals surface area contributed by atoms with Crippen LogP contribution in [0.2, 0.25) is 0 Å². The zero-order chi connectivity index (χ0) is 12.4. The van der Waals surface area contributed by atoms with E-state index < -0.39 is 5.97 Å². The first-order valence-electron chi connectivity index (χ1n) is 5.97. The highest BCUT2D eigenvalue weighted by Crippen LogP contribution is 2.30. The highest BCUT2D eigenvalue weighted by Gasteiger charge is 2.30. The molecule has 0 radical (unpaired) electrons. The van der Waals surface area contributed by atoms with Crippen LogP contribution in [0.3, 0.4) is 0 Å². The van der Waals surface area contributed by atoms with Crippen LogP contribution in [0, 0.1) is 0 Å². The third kappa shape index (κ3) is 2.23. The second-order valence-corrected chi connectivity index (χ2v) is 4.46. The standard InChI is InChI=1S/C12H17N3O2/c1-3-9-5-4-8(2)15(9)11-7-13-6-10(14-11)12(16)17/h6-9H,3-5H2,1-2H3,(H,16,17). The van der Waals surface area contributed by atoms with Gasteiger partial charge in [0, 0.05) is 12.1 Å². The van der Waals surface area contributed by atoms with Gasteiger partial charge in [0.15, 0.2) is 5.69 Å². The Morgan fingerprint density at radius 1 is 1.53 bits per heavy atom. The van der Waals surface area contributed by atoms with E-state index in [-0.39, 0.29) is 5.69 Å². The molecule has 0 saturated carbocycles. The Kier molecular flexibility index (Phi) is 3.26. The molecule has 2 rings (SSSR count). The fourth-order valence-electron chi connectivity index (χ4n) is 2.47. The quantitative estimate of drug-likeness (QED) is 0.867. The molecule has 2 heterocycles. The van der Waals surface area contributed by atoms with E-state index in [9.17, 15) is 4.79 Å². The van der Waals surface area contributed by atoms with Crippen LogP contribution in [0.4, 0.5) is 5.82 Å². The Hall–Kier alpha value is -1.65. The van der Waals surface area contributed by atoms with Crippen molar-refractivity contribution in [1.82, 2.24) is 9.97 Å². The van der Waals surface area contributed by atoms with Crippen molar-refractivity contribution in [2.45, 2.75) is 45.2 Å². The summed E-state index contributed by atoms with van der Waals surface area (Å²) in [6.07, 6.45) is 6.24. The van der Waals surface area contributed by atoms with E-state index in [4.69, 9.17) is 5.11 Å². The van der Waals surface area contributed by atoms with Gasteiger partial charge >= 0.3 is 5.97 Å². The molecule has 1 fully saturated rings. The SMILES string of the molecule is CCC1CCC(C)N1c1cncc(C(=O)O)n1. The Bertz CT molecular complexity index is 422. The Balaban J connectivity index is 2.32. The zero-order valence-electron chi connectivity index (χ0n) is 10.1. The molecule has 1 aliphatic rings. The average Bonchev–Trinajstić information content (AvgIpc) is 2.70. The van der Waals surface area contributed by atoms with Crippen molar-refractivity contribution in [1.29, 1.82) is 0 Å². The van der Waals surface area contributed by atoms with Crippen LogP contribution in [0.15, 0.2) is 12.4 Å². The summed E-state index contributed by atoms with van der Waals surface area (Å²) in [6.45, 7) is 4.29. The zero-order valence-corrected chi connectivity index (χ0v) is 10.1. The molecule has 1 saturated heterocycles. The molecule has 0 spiro atoms. The third-order valence-electron chi connectivity index (χ3n) is 3.36. The molecule has 0 bridgehead atoms. The van der Waals surface area contributed by atoms with Crippen molar-refractivity contribution < 1.29 is 9.90 Å². The van der Waals surface area contributed by atoms with Gasteiger partial charge in [-0.15, -0.1) is 0 Å². The minimum atomic E-state index is -1.03. The smallest absolute Gasteiger partial charge is 0.356 e. The summed E-state index contributed by atoms with van der Waals surface area (Å²) in [7, 11) is 0. The van der Waals surface area contributed by atoms with Gasteiger partial charge in [-0.1, -0.05) is 6.92 Å². The van der Waals surface area contributed by atoms with E-state index >= 15 is 0 Å². The van der Waals surface area contributed by atoms with Gasteiger partial charge in [-0.05, 0) is 26.2 Å². The molecule has 1 aromatic heterocycles. The molecule has 2 unspecified atom stereocenters. The van der Waals surface area contributed by atoms with Crippen molar-refractivity contribution in [3.8, 4) is 0 Å². The molecule has 92 valence electrons. The number of hydrogen-bond acceptors (Lipinski definition) is 4. The van der Waals surface area contributed by atoms with Crippen molar-refractivity contribution in [2.75, 3.05) is 4.90 Å². The molecule has 1 aromatic rings. The second kappa shape index (κ2) is 4.69. The number of rotatable bonds is 3. The molecule has 1 N–H and O–H groups in total. The topological polar surface area (TPSA) is 66.3 Å². The fraction of sp³-hybridized carbons (Fsp3) is 0.583. The van der Waals surface area contributed by atoms with Crippen molar-refractivity contribution >= 4 is 11.8 Å². The Labute approximate surface area is 100 Å². The van der Waals surface area contributed by atoms with Gasteiger partial charge in [0.1, 0.15) is 5.82 Å². The van der Waals surface area contributed by atoms with Crippen LogP contribution < -0.4 is 4.90 Å². The first-order chi connectivity index (χ1) is 8.13. The lowest BCUT2D eigenvalue weighted by molar-refractivity contribution is 0.0690. The van der Waals surface area contributed by atoms with Gasteiger partial charge < -0.3 is 10.0 Å². The molecule has 5 nitrogen and oxygen atoms in total. The summed E-state index contributed by atoms with van der Waals surface area (Å²) in [5.74, 6) is -0.346. The molecule has 5 heteroatoms. The van der Waals surface area contributed by atoms with Crippen molar-refractivity contribution in [2.24, 2.45) is 0 Å². The van der Waals surface area contributed by atoms with Crippen LogP contribution in [0.1, 0.15) is 43.6 Å². The highest BCUT2D eigenvalue weighted by atomic mass is 16.4. The monoisotopic (exact) mass is 235 g/mol. The summed E-state index contributed by atoms with van der Waals surface area (Å²) in [5, 5.41) is 8.92. The van der Waals surface area contributed by atoms with Crippen LogP contribution >= 0.6 is 0 Å². The van der Waals surface area contributed by atoms with Gasteiger partial charge in [-0.25, -0.2) is 9.78 Å². The van der Waals surface area contributed by atoms with Gasteiger partial charge in [0.2, 0.25) is 0 Å². The Morgan fingerprint density at radius 3 is 2.94 bits per heavy atom. The van der Waals surface area contributed by atoms with E-state index in [1.54, 1.807) is 6.20 Å². The van der Waals surface area contributed by atoms with Crippen LogP contribution in [-0.2, 0) is 0 Å². The fourth-order valence-corrected chi connectivity index (χ4v) is 2.47. The number of hydrogen-bond donors (Lipinski definition) is 1. The summed E-state index contributed by atoms with van der Waals surface area (Å²) in [4.78, 5) is 21.2. The Morgan fingerprint density at radius 2 is 2.29 bits per heavy atom. The third-order valence-corrected chi connectivity index (χ3v) is 3.36. The molecular weight excluding hydrogens is 218 g/mol. The lowest BCUT2D eigenvalue weighted by Crippen LogP contribution is -2.35. The number of carbonyl (C=O) groups is 1. The molecule has 0 amide bonds. The number of aromatic nitrogens is 2. The molecule has 0 aromatic carbocycles. The number of anilines is 1. The van der Waals surface area contributed by atoms with Crippen molar-refractivity contribution in [3.63, 3.8) is 0 Å². The van der Waals surface area contributed by atoms with Gasteiger partial charge in [0.25, 0.3) is 0 Å². The highest BCUT2D eigenvalue weighted by molar-refractivity contribution is 5.85. The maximum atomic E-state index is 10.9. The number of nitrogens with zero attached hydrogens (tertiary/aromatic N) is 3.